The molecule has 8 aromatic heterocycles. The van der Waals surface area contributed by atoms with Crippen molar-refractivity contribution in [2.24, 2.45) is 164 Å². The van der Waals surface area contributed by atoms with Crippen LogP contribution in [0.15, 0.2) is 92.3 Å². The summed E-state index contributed by atoms with van der Waals surface area (Å²) in [7, 11) is 0. The topological polar surface area (TPSA) is 285 Å². The lowest BCUT2D eigenvalue weighted by atomic mass is 9.48. The normalized spacial score (nSPS) is 42.5. The van der Waals surface area contributed by atoms with Gasteiger partial charge in [0, 0.05) is 65.4 Å². The van der Waals surface area contributed by atoms with E-state index in [1.807, 2.05) is 63.0 Å². The molecule has 0 aromatic carbocycles. The average molecular weight is 1800 g/mol. The number of ketones is 4. The predicted octanol–water partition coefficient (Wildman–Crippen LogP) is 21.0. The Morgan fingerprint density at radius 2 is 0.689 bits per heavy atom. The molecule has 0 unspecified atom stereocenters. The Bertz CT molecular complexity index is 5080. The van der Waals surface area contributed by atoms with Crippen molar-refractivity contribution in [1.29, 1.82) is 0 Å². The van der Waals surface area contributed by atoms with Crippen LogP contribution in [0.2, 0.25) is 0 Å². The van der Waals surface area contributed by atoms with E-state index in [1.165, 1.54) is 154 Å². The summed E-state index contributed by atoms with van der Waals surface area (Å²) in [6, 6.07) is 9.74. The van der Waals surface area contributed by atoms with Gasteiger partial charge in [-0.15, -0.1) is 5.10 Å². The van der Waals surface area contributed by atoms with E-state index in [0.717, 1.165) is 235 Å². The number of carbonyl (C=O) groups is 4. The SMILES string of the molecule is CC[C@@]1(O)CC[C@H]2[C@@H](CC[C@@H]3[C@@H]2CC[C@]2(C)[C@@H](C(=O)Cn4cc5ccncc5n4)CC[C@@H]32)C1.CC[C@@]1(O)CC[C@H]2[C@@H](CC[C@@H]3[C@@H]2CC[C@]2(C)[C@@H](C(=O)Cn4ncc5ccncc54)CC[C@@H]32)C1.CC[C@@]1(O)CC[C@H]2[C@@H](CC[C@@H]3[C@@H]2CC[C@]2(C)[C@@H](C(=O)Cn4ncc5ncccc54)CC[C@@H]32)C1.CC[C@@]1(O)CC[C@H]2[C@@H](CC[C@@H]3[C@@H]2CC[C@]2(C)[C@@H](C(=O)Cn4nnc5cnccc54)CC[C@@H]32)C1. The van der Waals surface area contributed by atoms with Gasteiger partial charge in [-0.1, -0.05) is 60.6 Å². The highest BCUT2D eigenvalue weighted by atomic mass is 16.3. The molecule has 16 aliphatic carbocycles. The van der Waals surface area contributed by atoms with Crippen LogP contribution in [0, 0.1) is 164 Å². The van der Waals surface area contributed by atoms with Crippen molar-refractivity contribution in [3.05, 3.63) is 92.3 Å². The molecule has 16 saturated carbocycles. The summed E-state index contributed by atoms with van der Waals surface area (Å²) < 4.78 is 7.31. The van der Waals surface area contributed by atoms with Gasteiger partial charge in [0.2, 0.25) is 0 Å². The summed E-state index contributed by atoms with van der Waals surface area (Å²) >= 11 is 0. The molecule has 0 spiro atoms. The van der Waals surface area contributed by atoms with E-state index in [0.29, 0.717) is 78.9 Å². The van der Waals surface area contributed by atoms with Crippen LogP contribution >= 0.6 is 0 Å². The molecule has 0 amide bonds. The van der Waals surface area contributed by atoms with Gasteiger partial charge in [-0.25, -0.2) is 4.68 Å². The minimum absolute atomic E-state index is 0.127. The van der Waals surface area contributed by atoms with Gasteiger partial charge >= 0.3 is 0 Å². The van der Waals surface area contributed by atoms with Gasteiger partial charge in [0.05, 0.1) is 76.5 Å². The Labute approximate surface area is 783 Å². The third-order valence-corrected chi connectivity index (χ3v) is 43.4. The van der Waals surface area contributed by atoms with Crippen molar-refractivity contribution in [1.82, 2.24) is 64.3 Å². The monoisotopic (exact) mass is 1800 g/mol. The Morgan fingerprint density at radius 3 is 1.11 bits per heavy atom. The molecule has 21 nitrogen and oxygen atoms in total. The zero-order chi connectivity index (χ0) is 91.2. The molecule has 0 aliphatic heterocycles. The molecule has 8 aromatic rings. The van der Waals surface area contributed by atoms with Crippen LogP contribution in [0.5, 0.6) is 0 Å². The summed E-state index contributed by atoms with van der Waals surface area (Å²) in [6.07, 6.45) is 63.7. The van der Waals surface area contributed by atoms with E-state index in [4.69, 9.17) is 0 Å². The summed E-state index contributed by atoms with van der Waals surface area (Å²) in [5.74, 6) is 17.3. The Balaban J connectivity index is 0.000000106. The first kappa shape index (κ1) is 91.3. The average Bonchev–Trinajstić information content (AvgIpc) is 1.75. The Morgan fingerprint density at radius 1 is 0.333 bits per heavy atom. The number of hydrogen-bond acceptors (Lipinski definition) is 17. The molecule has 0 saturated heterocycles. The van der Waals surface area contributed by atoms with Gasteiger partial charge in [-0.05, 0) is 427 Å². The second-order valence-electron chi connectivity index (χ2n) is 48.4. The molecule has 0 bridgehead atoms. The molecule has 4 N–H and O–H groups in total. The number of Topliss-reactive ketones (excluding diaryl/α,β-unsaturated/α-hetero) is 4. The maximum absolute atomic E-state index is 13.6. The van der Waals surface area contributed by atoms with Crippen LogP contribution in [-0.2, 0) is 45.4 Å². The van der Waals surface area contributed by atoms with Gasteiger partial charge in [-0.2, -0.15) is 15.3 Å². The molecule has 24 rings (SSSR count). The number of pyridine rings is 4. The van der Waals surface area contributed by atoms with Crippen molar-refractivity contribution in [2.75, 3.05) is 0 Å². The van der Waals surface area contributed by atoms with Gasteiger partial charge in [0.15, 0.2) is 23.1 Å². The first-order valence-corrected chi connectivity index (χ1v) is 53.6. The minimum atomic E-state index is -0.413. The molecular weight excluding hydrogens is 1640 g/mol. The van der Waals surface area contributed by atoms with Crippen molar-refractivity contribution < 1.29 is 39.6 Å². The van der Waals surface area contributed by atoms with Gasteiger partial charge in [-0.3, -0.25) is 53.2 Å². The molecule has 21 heteroatoms. The Kier molecular flexibility index (Phi) is 24.7. The maximum atomic E-state index is 13.6. The lowest BCUT2D eigenvalue weighted by Crippen LogP contribution is -2.51. The second-order valence-corrected chi connectivity index (χ2v) is 48.4. The molecule has 132 heavy (non-hydrogen) atoms. The number of nitrogens with zero attached hydrogens (tertiary/aromatic N) is 13. The van der Waals surface area contributed by atoms with Crippen molar-refractivity contribution in [3.63, 3.8) is 0 Å². The molecule has 16 aliphatic rings. The molecular formula is C111H155N13O8. The fourth-order valence-corrected chi connectivity index (χ4v) is 36.3. The van der Waals surface area contributed by atoms with Crippen molar-refractivity contribution in [3.8, 4) is 0 Å². The lowest BCUT2D eigenvalue weighted by Gasteiger charge is -2.57. The summed E-state index contributed by atoms with van der Waals surface area (Å²) in [5, 5.41) is 67.8. The minimum Gasteiger partial charge on any atom is -0.390 e. The van der Waals surface area contributed by atoms with E-state index in [9.17, 15) is 39.6 Å². The van der Waals surface area contributed by atoms with Crippen molar-refractivity contribution in [2.45, 2.75) is 361 Å². The lowest BCUT2D eigenvalue weighted by molar-refractivity contribution is -0.134. The van der Waals surface area contributed by atoms with Crippen molar-refractivity contribution >= 4 is 67.0 Å². The van der Waals surface area contributed by atoms with Crippen LogP contribution in [-0.4, -0.2) is 130 Å². The van der Waals surface area contributed by atoms with Crippen LogP contribution < -0.4 is 0 Å². The fourth-order valence-electron chi connectivity index (χ4n) is 36.3. The van der Waals surface area contributed by atoms with Gasteiger partial charge in [0.25, 0.3) is 0 Å². The van der Waals surface area contributed by atoms with Crippen LogP contribution in [0.3, 0.4) is 0 Å². The van der Waals surface area contributed by atoms with E-state index in [-0.39, 0.29) is 45.3 Å². The van der Waals surface area contributed by atoms with Gasteiger partial charge < -0.3 is 20.4 Å². The number of fused-ring (bicyclic) bond motifs is 24. The van der Waals surface area contributed by atoms with Crippen LogP contribution in [0.4, 0.5) is 0 Å². The smallest absolute Gasteiger partial charge is 0.157 e. The largest absolute Gasteiger partial charge is 0.390 e. The molecule has 32 atom stereocenters. The first-order chi connectivity index (χ1) is 63.6. The van der Waals surface area contributed by atoms with E-state index in [1.54, 1.807) is 48.1 Å². The van der Waals surface area contributed by atoms with Gasteiger partial charge in [0.1, 0.15) is 36.2 Å². The third kappa shape index (κ3) is 16.2. The molecule has 8 heterocycles. The fraction of sp³-hybridized carbons (Fsp3) is 0.757. The first-order valence-electron chi connectivity index (χ1n) is 53.6. The highest BCUT2D eigenvalue weighted by Crippen LogP contribution is 2.71. The number of aliphatic hydroxyl groups is 4. The zero-order valence-corrected chi connectivity index (χ0v) is 80.9. The van der Waals surface area contributed by atoms with Crippen LogP contribution in [0.25, 0.3) is 43.9 Å². The highest BCUT2D eigenvalue weighted by molar-refractivity contribution is 5.87. The molecule has 712 valence electrons. The van der Waals surface area contributed by atoms with Crippen LogP contribution in [0.1, 0.15) is 312 Å². The number of hydrogen-bond donors (Lipinski definition) is 4. The predicted molar refractivity (Wildman–Crippen MR) is 511 cm³/mol. The van der Waals surface area contributed by atoms with E-state index in [2.05, 4.69) is 101 Å². The maximum Gasteiger partial charge on any atom is 0.157 e. The van der Waals surface area contributed by atoms with E-state index < -0.39 is 22.4 Å². The zero-order valence-electron chi connectivity index (χ0n) is 80.9. The summed E-state index contributed by atoms with van der Waals surface area (Å²) in [5.41, 5.74) is 4.21. The third-order valence-electron chi connectivity index (χ3n) is 43.4. The quantitative estimate of drug-likeness (QED) is 0.0699. The molecule has 16 fully saturated rings. The number of rotatable bonds is 16. The second kappa shape index (κ2) is 35.7. The number of aromatic nitrogens is 13. The van der Waals surface area contributed by atoms with E-state index >= 15 is 0 Å². The Hall–Kier alpha value is -7.07. The standard InChI is InChI=1S/3C28H39N3O2.C27H38N4O2/c1-3-28(33)12-9-20-18(14-28)4-5-22-21(20)8-11-27(2)23(22)6-7-24(27)26(32)17-31-16-19-10-13-29-15-25(19)30-31;1-3-28(33)12-9-20-18(14-28)4-5-22-21(20)8-11-27(2)23(22)6-7-24(27)26(32)17-31-25-16-29-13-10-19(25)15-30-31;1-3-28(33)13-11-19-18(15-28)6-7-21-20(19)10-12-27(2)22(21)8-9-23(27)26(32)17-31-25-5-4-14-29-24(25)16-30-31;1-3-27(33)12-9-18-17(14-27)4-5-20-19(18)8-11-26(2)21(20)6-7-22(26)25(32)16-31-24-10-13-28-15-23(24)29-30-31/h2*10,13,15-16,18,20-24,33H,3-9,11-12,14,17H2,1-2H3;4-5,14,16,18-23,33H,3,6-13,15,17H2,1-2H3;10,13,15,17-22,33H,3-9,11-12,14,16H2,1-2H3/t2*18-,20-,21+,22+,23-,24+,27-,28+;18-,19-,20+,21+,22-,23+,27-,28+;17-,18-,19+,20+,21-,22+,26-,27+/m0000/s1. The highest BCUT2D eigenvalue weighted by Gasteiger charge is 2.65. The summed E-state index contributed by atoms with van der Waals surface area (Å²) in [6.45, 7) is 19.8. The number of carbonyl (C=O) groups excluding carboxylic acids is 4. The summed E-state index contributed by atoms with van der Waals surface area (Å²) in [4.78, 5) is 71.2. The molecule has 0 radical (unpaired) electrons.